The standard InChI is InChI=1S/C13H15N3O2/c1-16-8-11(15-9-16)13(18)14-7-12(17)10-5-3-2-4-6-10/h2-6,8-9,12,17H,7H2,1H3,(H,14,18). The van der Waals surface area contributed by atoms with E-state index in [1.54, 1.807) is 24.1 Å². The first kappa shape index (κ1) is 12.3. The molecule has 0 aliphatic rings. The van der Waals surface area contributed by atoms with Crippen molar-refractivity contribution in [2.75, 3.05) is 6.54 Å². The van der Waals surface area contributed by atoms with Gasteiger partial charge in [0, 0.05) is 19.8 Å². The molecule has 0 fully saturated rings. The molecule has 2 rings (SSSR count). The minimum atomic E-state index is -0.709. The van der Waals surface area contributed by atoms with Gasteiger partial charge < -0.3 is 15.0 Å². The monoisotopic (exact) mass is 245 g/mol. The summed E-state index contributed by atoms with van der Waals surface area (Å²) in [4.78, 5) is 15.6. The van der Waals surface area contributed by atoms with Crippen LogP contribution in [0.2, 0.25) is 0 Å². The van der Waals surface area contributed by atoms with Crippen molar-refractivity contribution in [1.29, 1.82) is 0 Å². The van der Waals surface area contributed by atoms with E-state index in [0.29, 0.717) is 5.69 Å². The molecular weight excluding hydrogens is 230 g/mol. The molecule has 0 spiro atoms. The van der Waals surface area contributed by atoms with E-state index < -0.39 is 6.10 Å². The topological polar surface area (TPSA) is 67.2 Å². The van der Waals surface area contributed by atoms with Crippen molar-refractivity contribution in [3.8, 4) is 0 Å². The number of hydrogen-bond acceptors (Lipinski definition) is 3. The first-order valence-corrected chi connectivity index (χ1v) is 5.66. The van der Waals surface area contributed by atoms with Crippen LogP contribution in [0.1, 0.15) is 22.2 Å². The van der Waals surface area contributed by atoms with Gasteiger partial charge in [-0.05, 0) is 5.56 Å². The summed E-state index contributed by atoms with van der Waals surface area (Å²) < 4.78 is 1.70. The van der Waals surface area contributed by atoms with E-state index in [1.807, 2.05) is 30.3 Å². The van der Waals surface area contributed by atoms with E-state index in [-0.39, 0.29) is 12.5 Å². The Morgan fingerprint density at radius 1 is 1.44 bits per heavy atom. The Hall–Kier alpha value is -2.14. The maximum Gasteiger partial charge on any atom is 0.271 e. The highest BCUT2D eigenvalue weighted by atomic mass is 16.3. The van der Waals surface area contributed by atoms with Crippen LogP contribution in [0.25, 0.3) is 0 Å². The van der Waals surface area contributed by atoms with Crippen LogP contribution in [-0.2, 0) is 7.05 Å². The molecule has 2 aromatic rings. The van der Waals surface area contributed by atoms with Gasteiger partial charge in [-0.1, -0.05) is 30.3 Å². The second-order valence-corrected chi connectivity index (χ2v) is 4.06. The number of carbonyl (C=O) groups is 1. The normalized spacial score (nSPS) is 12.1. The number of aryl methyl sites for hydroxylation is 1. The molecular formula is C13H15N3O2. The lowest BCUT2D eigenvalue weighted by atomic mass is 10.1. The third kappa shape index (κ3) is 2.95. The quantitative estimate of drug-likeness (QED) is 0.840. The van der Waals surface area contributed by atoms with Crippen LogP contribution in [0.4, 0.5) is 0 Å². The Morgan fingerprint density at radius 3 is 2.78 bits per heavy atom. The average molecular weight is 245 g/mol. The maximum atomic E-state index is 11.7. The Kier molecular flexibility index (Phi) is 3.74. The van der Waals surface area contributed by atoms with E-state index in [2.05, 4.69) is 10.3 Å². The number of carbonyl (C=O) groups excluding carboxylic acids is 1. The van der Waals surface area contributed by atoms with Crippen molar-refractivity contribution in [2.45, 2.75) is 6.10 Å². The zero-order chi connectivity index (χ0) is 13.0. The molecule has 1 unspecified atom stereocenters. The number of imidazole rings is 1. The average Bonchev–Trinajstić information content (AvgIpc) is 2.83. The van der Waals surface area contributed by atoms with Crippen molar-refractivity contribution in [2.24, 2.45) is 7.05 Å². The van der Waals surface area contributed by atoms with E-state index in [9.17, 15) is 9.90 Å². The number of amides is 1. The van der Waals surface area contributed by atoms with Gasteiger partial charge in [-0.3, -0.25) is 4.79 Å². The number of nitrogens with one attached hydrogen (secondary N) is 1. The second-order valence-electron chi connectivity index (χ2n) is 4.06. The molecule has 0 aliphatic carbocycles. The van der Waals surface area contributed by atoms with Crippen LogP contribution in [0.5, 0.6) is 0 Å². The molecule has 1 amide bonds. The molecule has 1 aromatic heterocycles. The molecule has 1 heterocycles. The summed E-state index contributed by atoms with van der Waals surface area (Å²) in [5.74, 6) is -0.286. The van der Waals surface area contributed by atoms with E-state index in [0.717, 1.165) is 5.56 Å². The highest BCUT2D eigenvalue weighted by molar-refractivity contribution is 5.92. The van der Waals surface area contributed by atoms with Gasteiger partial charge >= 0.3 is 0 Å². The number of aromatic nitrogens is 2. The van der Waals surface area contributed by atoms with Crippen LogP contribution in [-0.4, -0.2) is 27.1 Å². The second kappa shape index (κ2) is 5.46. The van der Waals surface area contributed by atoms with Crippen molar-refractivity contribution in [3.63, 3.8) is 0 Å². The van der Waals surface area contributed by atoms with Crippen molar-refractivity contribution in [1.82, 2.24) is 14.9 Å². The van der Waals surface area contributed by atoms with E-state index >= 15 is 0 Å². The Bertz CT molecular complexity index is 522. The summed E-state index contributed by atoms with van der Waals surface area (Å²) in [6.07, 6.45) is 2.48. The molecule has 2 N–H and O–H groups in total. The molecule has 5 nitrogen and oxygen atoms in total. The third-order valence-electron chi connectivity index (χ3n) is 2.58. The van der Waals surface area contributed by atoms with Gasteiger partial charge in [-0.2, -0.15) is 0 Å². The molecule has 0 radical (unpaired) electrons. The zero-order valence-electron chi connectivity index (χ0n) is 10.1. The first-order valence-electron chi connectivity index (χ1n) is 5.66. The molecule has 1 aromatic carbocycles. The lowest BCUT2D eigenvalue weighted by Gasteiger charge is -2.11. The summed E-state index contributed by atoms with van der Waals surface area (Å²) in [7, 11) is 1.79. The highest BCUT2D eigenvalue weighted by Gasteiger charge is 2.11. The minimum Gasteiger partial charge on any atom is -0.387 e. The lowest BCUT2D eigenvalue weighted by Crippen LogP contribution is -2.28. The molecule has 0 saturated carbocycles. The van der Waals surface area contributed by atoms with E-state index in [1.165, 1.54) is 0 Å². The predicted molar refractivity (Wildman–Crippen MR) is 66.9 cm³/mol. The Balaban J connectivity index is 1.90. The summed E-state index contributed by atoms with van der Waals surface area (Å²) in [5.41, 5.74) is 1.12. The smallest absolute Gasteiger partial charge is 0.271 e. The number of benzene rings is 1. The highest BCUT2D eigenvalue weighted by Crippen LogP contribution is 2.10. The summed E-state index contributed by atoms with van der Waals surface area (Å²) in [6.45, 7) is 0.166. The fourth-order valence-corrected chi connectivity index (χ4v) is 1.60. The van der Waals surface area contributed by atoms with Crippen molar-refractivity contribution in [3.05, 3.63) is 54.1 Å². The Morgan fingerprint density at radius 2 is 2.17 bits per heavy atom. The SMILES string of the molecule is Cn1cnc(C(=O)NCC(O)c2ccccc2)c1. The number of aliphatic hydroxyl groups excluding tert-OH is 1. The molecule has 5 heteroatoms. The number of hydrogen-bond donors (Lipinski definition) is 2. The van der Waals surface area contributed by atoms with Crippen molar-refractivity contribution < 1.29 is 9.90 Å². The molecule has 0 saturated heterocycles. The minimum absolute atomic E-state index is 0.166. The third-order valence-corrected chi connectivity index (χ3v) is 2.58. The van der Waals surface area contributed by atoms with E-state index in [4.69, 9.17) is 0 Å². The van der Waals surface area contributed by atoms with Crippen LogP contribution in [0.15, 0.2) is 42.9 Å². The van der Waals surface area contributed by atoms with Gasteiger partial charge in [0.2, 0.25) is 0 Å². The van der Waals surface area contributed by atoms with Crippen LogP contribution in [0, 0.1) is 0 Å². The summed E-state index contributed by atoms with van der Waals surface area (Å²) >= 11 is 0. The van der Waals surface area contributed by atoms with Crippen LogP contribution >= 0.6 is 0 Å². The van der Waals surface area contributed by atoms with Crippen molar-refractivity contribution >= 4 is 5.91 Å². The molecule has 94 valence electrons. The fraction of sp³-hybridized carbons (Fsp3) is 0.231. The predicted octanol–water partition coefficient (Wildman–Crippen LogP) is 0.883. The van der Waals surface area contributed by atoms with Gasteiger partial charge in [0.1, 0.15) is 5.69 Å². The van der Waals surface area contributed by atoms with Gasteiger partial charge in [-0.25, -0.2) is 4.98 Å². The molecule has 18 heavy (non-hydrogen) atoms. The van der Waals surface area contributed by atoms with Gasteiger partial charge in [-0.15, -0.1) is 0 Å². The zero-order valence-corrected chi connectivity index (χ0v) is 10.1. The van der Waals surface area contributed by atoms with Gasteiger partial charge in [0.15, 0.2) is 0 Å². The Labute approximate surface area is 105 Å². The van der Waals surface area contributed by atoms with Gasteiger partial charge in [0.05, 0.1) is 12.4 Å². The number of aliphatic hydroxyl groups is 1. The van der Waals surface area contributed by atoms with Crippen LogP contribution < -0.4 is 5.32 Å². The van der Waals surface area contributed by atoms with Gasteiger partial charge in [0.25, 0.3) is 5.91 Å². The first-order chi connectivity index (χ1) is 8.66. The molecule has 1 atom stereocenters. The summed E-state index contributed by atoms with van der Waals surface area (Å²) in [5, 5.41) is 12.5. The number of rotatable bonds is 4. The maximum absolute atomic E-state index is 11.7. The largest absolute Gasteiger partial charge is 0.387 e. The summed E-state index contributed by atoms with van der Waals surface area (Å²) in [6, 6.07) is 9.20. The number of nitrogens with zero attached hydrogens (tertiary/aromatic N) is 2. The van der Waals surface area contributed by atoms with Crippen LogP contribution in [0.3, 0.4) is 0 Å². The molecule has 0 aliphatic heterocycles. The molecule has 0 bridgehead atoms. The fourth-order valence-electron chi connectivity index (χ4n) is 1.60. The lowest BCUT2D eigenvalue weighted by molar-refractivity contribution is 0.0912.